The van der Waals surface area contributed by atoms with Gasteiger partial charge in [-0.25, -0.2) is 0 Å². The van der Waals surface area contributed by atoms with Gasteiger partial charge >= 0.3 is 0 Å². The van der Waals surface area contributed by atoms with Crippen LogP contribution < -0.4 is 0 Å². The van der Waals surface area contributed by atoms with Crippen molar-refractivity contribution in [2.24, 2.45) is 0 Å². The van der Waals surface area contributed by atoms with E-state index in [0.717, 1.165) is 31.4 Å². The van der Waals surface area contributed by atoms with E-state index in [1.807, 2.05) is 4.57 Å². The fourth-order valence-corrected chi connectivity index (χ4v) is 2.66. The molecule has 0 bridgehead atoms. The average Bonchev–Trinajstić information content (AvgIpc) is 2.94. The maximum atomic E-state index is 9.53. The standard InChI is InChI=1S/C14H17N3O/c18-14-7-3-12(4-8-14)11-1-5-13(6-2-11)17-9-15-16-10-17/h1-2,5-6,9-10,12,14,18H,3-4,7-8H2. The highest BCUT2D eigenvalue weighted by molar-refractivity contribution is 5.35. The van der Waals surface area contributed by atoms with Crippen LogP contribution >= 0.6 is 0 Å². The number of hydrogen-bond acceptors (Lipinski definition) is 3. The van der Waals surface area contributed by atoms with Gasteiger partial charge in [0.1, 0.15) is 12.7 Å². The first kappa shape index (κ1) is 11.4. The van der Waals surface area contributed by atoms with Gasteiger partial charge in [0.15, 0.2) is 0 Å². The summed E-state index contributed by atoms with van der Waals surface area (Å²) in [7, 11) is 0. The lowest BCUT2D eigenvalue weighted by molar-refractivity contribution is 0.122. The third-order valence-corrected chi connectivity index (χ3v) is 3.78. The van der Waals surface area contributed by atoms with Gasteiger partial charge in [0.2, 0.25) is 0 Å². The Morgan fingerprint density at radius 3 is 2.17 bits per heavy atom. The van der Waals surface area contributed by atoms with Crippen molar-refractivity contribution in [3.63, 3.8) is 0 Å². The second kappa shape index (κ2) is 4.90. The largest absolute Gasteiger partial charge is 0.393 e. The molecule has 1 aromatic heterocycles. The molecule has 1 aliphatic carbocycles. The Kier molecular flexibility index (Phi) is 3.11. The molecule has 0 amide bonds. The molecular formula is C14H17N3O. The Morgan fingerprint density at radius 1 is 0.944 bits per heavy atom. The van der Waals surface area contributed by atoms with E-state index in [1.165, 1.54) is 5.56 Å². The molecule has 18 heavy (non-hydrogen) atoms. The molecule has 1 heterocycles. The summed E-state index contributed by atoms with van der Waals surface area (Å²) in [5.41, 5.74) is 2.46. The van der Waals surface area contributed by atoms with Crippen molar-refractivity contribution in [3.05, 3.63) is 42.5 Å². The minimum Gasteiger partial charge on any atom is -0.393 e. The highest BCUT2D eigenvalue weighted by Crippen LogP contribution is 2.33. The lowest BCUT2D eigenvalue weighted by Gasteiger charge is -2.25. The van der Waals surface area contributed by atoms with Crippen molar-refractivity contribution in [1.29, 1.82) is 0 Å². The Hall–Kier alpha value is -1.68. The van der Waals surface area contributed by atoms with E-state index >= 15 is 0 Å². The van der Waals surface area contributed by atoms with Gasteiger partial charge in [-0.3, -0.25) is 4.57 Å². The van der Waals surface area contributed by atoms with Crippen molar-refractivity contribution in [2.75, 3.05) is 0 Å². The molecular weight excluding hydrogens is 226 g/mol. The topological polar surface area (TPSA) is 50.9 Å². The Labute approximate surface area is 106 Å². The third-order valence-electron chi connectivity index (χ3n) is 3.78. The molecule has 4 nitrogen and oxygen atoms in total. The molecule has 0 saturated heterocycles. The molecule has 1 aliphatic rings. The first-order chi connectivity index (χ1) is 8.83. The molecule has 0 spiro atoms. The molecule has 94 valence electrons. The van der Waals surface area contributed by atoms with Crippen LogP contribution in [-0.4, -0.2) is 26.0 Å². The summed E-state index contributed by atoms with van der Waals surface area (Å²) in [6.45, 7) is 0. The number of nitrogens with zero attached hydrogens (tertiary/aromatic N) is 3. The van der Waals surface area contributed by atoms with Gasteiger partial charge in [-0.1, -0.05) is 12.1 Å². The van der Waals surface area contributed by atoms with Crippen LogP contribution in [0.15, 0.2) is 36.9 Å². The summed E-state index contributed by atoms with van der Waals surface area (Å²) in [6.07, 6.45) is 7.35. The van der Waals surface area contributed by atoms with Crippen molar-refractivity contribution in [1.82, 2.24) is 14.8 Å². The van der Waals surface area contributed by atoms with Crippen molar-refractivity contribution < 1.29 is 5.11 Å². The molecule has 1 saturated carbocycles. The van der Waals surface area contributed by atoms with Crippen molar-refractivity contribution in [3.8, 4) is 5.69 Å². The summed E-state index contributed by atoms with van der Waals surface area (Å²) in [4.78, 5) is 0. The predicted molar refractivity (Wildman–Crippen MR) is 68.6 cm³/mol. The van der Waals surface area contributed by atoms with Gasteiger partial charge in [0.05, 0.1) is 6.10 Å². The van der Waals surface area contributed by atoms with E-state index in [2.05, 4.69) is 34.5 Å². The van der Waals surface area contributed by atoms with Crippen LogP contribution in [0.2, 0.25) is 0 Å². The SMILES string of the molecule is OC1CCC(c2ccc(-n3cnnc3)cc2)CC1. The first-order valence-electron chi connectivity index (χ1n) is 6.46. The van der Waals surface area contributed by atoms with Crippen LogP contribution in [0.4, 0.5) is 0 Å². The number of hydrogen-bond donors (Lipinski definition) is 1. The fraction of sp³-hybridized carbons (Fsp3) is 0.429. The highest BCUT2D eigenvalue weighted by Gasteiger charge is 2.20. The summed E-state index contributed by atoms with van der Waals surface area (Å²) in [5.74, 6) is 0.600. The second-order valence-electron chi connectivity index (χ2n) is 4.97. The number of rotatable bonds is 2. The van der Waals surface area contributed by atoms with Crippen molar-refractivity contribution >= 4 is 0 Å². The van der Waals surface area contributed by atoms with Crippen LogP contribution in [0.5, 0.6) is 0 Å². The van der Waals surface area contributed by atoms with Gasteiger partial charge < -0.3 is 5.11 Å². The molecule has 1 aromatic carbocycles. The zero-order valence-electron chi connectivity index (χ0n) is 10.2. The molecule has 0 radical (unpaired) electrons. The van der Waals surface area contributed by atoms with Crippen LogP contribution in [0.1, 0.15) is 37.2 Å². The van der Waals surface area contributed by atoms with E-state index in [-0.39, 0.29) is 6.10 Å². The molecule has 4 heteroatoms. The Bertz CT molecular complexity index is 484. The summed E-state index contributed by atoms with van der Waals surface area (Å²) in [6, 6.07) is 8.56. The second-order valence-corrected chi connectivity index (χ2v) is 4.97. The first-order valence-corrected chi connectivity index (χ1v) is 6.46. The summed E-state index contributed by atoms with van der Waals surface area (Å²) in [5, 5.41) is 17.1. The fourth-order valence-electron chi connectivity index (χ4n) is 2.66. The lowest BCUT2D eigenvalue weighted by Crippen LogP contribution is -2.16. The number of aromatic nitrogens is 3. The van der Waals surface area contributed by atoms with Crippen LogP contribution in [0.25, 0.3) is 5.69 Å². The molecule has 1 fully saturated rings. The number of benzene rings is 1. The summed E-state index contributed by atoms with van der Waals surface area (Å²) < 4.78 is 1.90. The zero-order chi connectivity index (χ0) is 12.4. The maximum Gasteiger partial charge on any atom is 0.123 e. The molecule has 1 N–H and O–H groups in total. The monoisotopic (exact) mass is 243 g/mol. The van der Waals surface area contributed by atoms with Crippen molar-refractivity contribution in [2.45, 2.75) is 37.7 Å². The van der Waals surface area contributed by atoms with Gasteiger partial charge in [0.25, 0.3) is 0 Å². The van der Waals surface area contributed by atoms with Gasteiger partial charge in [-0.15, -0.1) is 10.2 Å². The summed E-state index contributed by atoms with van der Waals surface area (Å²) >= 11 is 0. The van der Waals surface area contributed by atoms with E-state index in [1.54, 1.807) is 12.7 Å². The van der Waals surface area contributed by atoms with Crippen LogP contribution in [0.3, 0.4) is 0 Å². The normalized spacial score (nSPS) is 24.1. The van der Waals surface area contributed by atoms with Gasteiger partial charge in [0, 0.05) is 5.69 Å². The lowest BCUT2D eigenvalue weighted by atomic mass is 9.83. The van der Waals surface area contributed by atoms with E-state index in [0.29, 0.717) is 5.92 Å². The third kappa shape index (κ3) is 2.29. The quantitative estimate of drug-likeness (QED) is 0.880. The smallest absolute Gasteiger partial charge is 0.123 e. The molecule has 0 unspecified atom stereocenters. The minimum atomic E-state index is -0.0856. The van der Waals surface area contributed by atoms with Gasteiger partial charge in [-0.2, -0.15) is 0 Å². The molecule has 0 aliphatic heterocycles. The highest BCUT2D eigenvalue weighted by atomic mass is 16.3. The van der Waals surface area contributed by atoms with E-state index in [9.17, 15) is 5.11 Å². The zero-order valence-corrected chi connectivity index (χ0v) is 10.2. The number of aliphatic hydroxyl groups excluding tert-OH is 1. The Morgan fingerprint density at radius 2 is 1.56 bits per heavy atom. The number of aliphatic hydroxyl groups is 1. The van der Waals surface area contributed by atoms with Crippen LogP contribution in [0, 0.1) is 0 Å². The molecule has 3 rings (SSSR count). The predicted octanol–water partition coefficient (Wildman–Crippen LogP) is 2.29. The maximum absolute atomic E-state index is 9.53. The van der Waals surface area contributed by atoms with Crippen LogP contribution in [-0.2, 0) is 0 Å². The molecule has 0 atom stereocenters. The average molecular weight is 243 g/mol. The molecule has 2 aromatic rings. The Balaban J connectivity index is 1.75. The van der Waals surface area contributed by atoms with E-state index < -0.39 is 0 Å². The van der Waals surface area contributed by atoms with Gasteiger partial charge in [-0.05, 0) is 49.3 Å². The van der Waals surface area contributed by atoms with E-state index in [4.69, 9.17) is 0 Å². The minimum absolute atomic E-state index is 0.0856.